The molecule has 1 saturated carbocycles. The fourth-order valence-electron chi connectivity index (χ4n) is 4.07. The number of carbonyl (C=O) groups is 2. The number of hydrogen-bond acceptors (Lipinski definition) is 6. The van der Waals surface area contributed by atoms with Gasteiger partial charge in [-0.2, -0.15) is 26.3 Å². The number of ether oxygens (including phenoxy) is 2. The summed E-state index contributed by atoms with van der Waals surface area (Å²) in [6.45, 7) is 14.7. The van der Waals surface area contributed by atoms with E-state index < -0.39 is 60.5 Å². The molecule has 0 spiro atoms. The maximum Gasteiger partial charge on any atom is 0.417 e. The highest BCUT2D eigenvalue weighted by atomic mass is 19.4. The lowest BCUT2D eigenvalue weighted by molar-refractivity contribution is -0.263. The number of aliphatic hydroxyl groups is 2. The summed E-state index contributed by atoms with van der Waals surface area (Å²) in [5.74, 6) is -1.56. The van der Waals surface area contributed by atoms with Crippen LogP contribution in [0.5, 0.6) is 0 Å². The highest BCUT2D eigenvalue weighted by Gasteiger charge is 2.52. The molecule has 234 valence electrons. The second-order valence-electron chi connectivity index (χ2n) is 11.5. The molecule has 0 aromatic rings. The Kier molecular flexibility index (Phi) is 14.4. The van der Waals surface area contributed by atoms with Crippen LogP contribution in [-0.2, 0) is 19.1 Å². The maximum absolute atomic E-state index is 12.8. The third kappa shape index (κ3) is 13.1. The number of esters is 2. The van der Waals surface area contributed by atoms with Gasteiger partial charge in [0.15, 0.2) is 11.2 Å². The van der Waals surface area contributed by atoms with Crippen LogP contribution in [0.2, 0.25) is 0 Å². The van der Waals surface area contributed by atoms with E-state index in [1.807, 2.05) is 0 Å². The van der Waals surface area contributed by atoms with E-state index in [1.54, 1.807) is 13.8 Å². The molecular weight excluding hydrogens is 546 g/mol. The summed E-state index contributed by atoms with van der Waals surface area (Å²) in [6.07, 6.45) is -8.28. The minimum Gasteiger partial charge on any atom is -0.459 e. The minimum absolute atomic E-state index is 0.0342. The summed E-state index contributed by atoms with van der Waals surface area (Å²) >= 11 is 0. The molecule has 0 amide bonds. The standard InChI is InChI=1S/C15H23F3O3.C13H21F3O3/c1-10(2)13(19)21-12(11-7-5-4-6-8-11)9-14(3,20)15(16,17)18;1-8(2)6-10(19-11(17)9(3)4)7-12(5,18)13(14,15)16/h11-12,20H,1,4-9H2,2-3H3;8,10,18H,3,6-7H2,1-2,4-5H3. The molecule has 0 aromatic heterocycles. The molecule has 40 heavy (non-hydrogen) atoms. The summed E-state index contributed by atoms with van der Waals surface area (Å²) in [6, 6.07) is 0. The third-order valence-corrected chi connectivity index (χ3v) is 6.58. The Labute approximate surface area is 232 Å². The second kappa shape index (κ2) is 15.2. The molecule has 4 atom stereocenters. The Hall–Kier alpha value is -2.08. The lowest BCUT2D eigenvalue weighted by atomic mass is 9.81. The molecule has 0 radical (unpaired) electrons. The molecule has 1 aliphatic rings. The number of carbonyl (C=O) groups excluding carboxylic acids is 2. The van der Waals surface area contributed by atoms with Crippen molar-refractivity contribution >= 4 is 11.9 Å². The number of halogens is 6. The first-order valence-corrected chi connectivity index (χ1v) is 13.2. The fourth-order valence-corrected chi connectivity index (χ4v) is 4.07. The van der Waals surface area contributed by atoms with E-state index in [2.05, 4.69) is 13.2 Å². The molecule has 6 nitrogen and oxygen atoms in total. The third-order valence-electron chi connectivity index (χ3n) is 6.58. The summed E-state index contributed by atoms with van der Waals surface area (Å²) in [5.41, 5.74) is -5.50. The highest BCUT2D eigenvalue weighted by molar-refractivity contribution is 5.87. The van der Waals surface area contributed by atoms with Crippen LogP contribution in [-0.4, -0.2) is 57.9 Å². The van der Waals surface area contributed by atoms with Crippen molar-refractivity contribution in [2.24, 2.45) is 11.8 Å². The molecule has 2 N–H and O–H groups in total. The van der Waals surface area contributed by atoms with Crippen molar-refractivity contribution in [3.63, 3.8) is 0 Å². The number of hydrogen-bond donors (Lipinski definition) is 2. The molecule has 1 rings (SSSR count). The van der Waals surface area contributed by atoms with Gasteiger partial charge in [-0.15, -0.1) is 0 Å². The molecule has 0 aromatic carbocycles. The van der Waals surface area contributed by atoms with Gasteiger partial charge >= 0.3 is 24.3 Å². The van der Waals surface area contributed by atoms with Crippen molar-refractivity contribution in [3.05, 3.63) is 24.3 Å². The van der Waals surface area contributed by atoms with Crippen molar-refractivity contribution < 1.29 is 55.6 Å². The molecule has 0 bridgehead atoms. The lowest BCUT2D eigenvalue weighted by Gasteiger charge is -2.35. The van der Waals surface area contributed by atoms with E-state index in [9.17, 15) is 46.1 Å². The van der Waals surface area contributed by atoms with Crippen molar-refractivity contribution in [2.45, 2.75) is 129 Å². The van der Waals surface area contributed by atoms with Crippen LogP contribution in [0.3, 0.4) is 0 Å². The lowest BCUT2D eigenvalue weighted by Crippen LogP contribution is -2.47. The molecule has 0 heterocycles. The first-order chi connectivity index (χ1) is 17.9. The van der Waals surface area contributed by atoms with E-state index in [1.165, 1.54) is 13.8 Å². The summed E-state index contributed by atoms with van der Waals surface area (Å²) in [5, 5.41) is 19.1. The SMILES string of the molecule is C=C(C)C(=O)OC(CC(C)(O)C(F)(F)F)C1CCCCC1.C=C(C)C(=O)OC(CC(C)C)CC(C)(O)C(F)(F)F. The summed E-state index contributed by atoms with van der Waals surface area (Å²) in [4.78, 5) is 23.0. The van der Waals surface area contributed by atoms with E-state index in [0.29, 0.717) is 19.8 Å². The van der Waals surface area contributed by atoms with E-state index in [0.717, 1.165) is 26.2 Å². The zero-order chi connectivity index (χ0) is 31.7. The van der Waals surface area contributed by atoms with Crippen molar-refractivity contribution in [1.82, 2.24) is 0 Å². The van der Waals surface area contributed by atoms with Gasteiger partial charge < -0.3 is 19.7 Å². The number of alkyl halides is 6. The Morgan fingerprint density at radius 2 is 1.20 bits per heavy atom. The average Bonchev–Trinajstić information content (AvgIpc) is 2.77. The van der Waals surface area contributed by atoms with Gasteiger partial charge in [-0.25, -0.2) is 9.59 Å². The van der Waals surface area contributed by atoms with Gasteiger partial charge in [0.2, 0.25) is 0 Å². The van der Waals surface area contributed by atoms with Crippen molar-refractivity contribution in [2.75, 3.05) is 0 Å². The molecule has 0 saturated heterocycles. The second-order valence-corrected chi connectivity index (χ2v) is 11.5. The van der Waals surface area contributed by atoms with Gasteiger partial charge in [-0.05, 0) is 58.8 Å². The summed E-state index contributed by atoms with van der Waals surface area (Å²) < 4.78 is 86.5. The van der Waals surface area contributed by atoms with Crippen LogP contribution in [0.25, 0.3) is 0 Å². The van der Waals surface area contributed by atoms with Gasteiger partial charge in [-0.3, -0.25) is 0 Å². The first kappa shape index (κ1) is 37.9. The highest BCUT2D eigenvalue weighted by Crippen LogP contribution is 2.39. The van der Waals surface area contributed by atoms with Crippen molar-refractivity contribution in [3.8, 4) is 0 Å². The van der Waals surface area contributed by atoms with E-state index in [-0.39, 0.29) is 29.4 Å². The van der Waals surface area contributed by atoms with Gasteiger partial charge in [-0.1, -0.05) is 46.3 Å². The monoisotopic (exact) mass is 590 g/mol. The van der Waals surface area contributed by atoms with Gasteiger partial charge in [0, 0.05) is 24.0 Å². The predicted molar refractivity (Wildman–Crippen MR) is 138 cm³/mol. The first-order valence-electron chi connectivity index (χ1n) is 13.2. The van der Waals surface area contributed by atoms with Crippen LogP contribution in [0.1, 0.15) is 92.9 Å². The van der Waals surface area contributed by atoms with Crippen molar-refractivity contribution in [1.29, 1.82) is 0 Å². The Balaban J connectivity index is 0.000000765. The molecule has 4 unspecified atom stereocenters. The quantitative estimate of drug-likeness (QED) is 0.153. The van der Waals surface area contributed by atoms with Gasteiger partial charge in [0.25, 0.3) is 0 Å². The normalized spacial score (nSPS) is 19.3. The maximum atomic E-state index is 12.8. The van der Waals surface area contributed by atoms with Crippen LogP contribution in [0.15, 0.2) is 24.3 Å². The minimum atomic E-state index is -4.77. The van der Waals surface area contributed by atoms with Crippen LogP contribution >= 0.6 is 0 Å². The zero-order valence-corrected chi connectivity index (χ0v) is 24.2. The molecule has 0 aliphatic heterocycles. The molecular formula is C28H44F6O6. The Morgan fingerprint density at radius 3 is 1.57 bits per heavy atom. The topological polar surface area (TPSA) is 93.1 Å². The van der Waals surface area contributed by atoms with E-state index >= 15 is 0 Å². The largest absolute Gasteiger partial charge is 0.459 e. The van der Waals surface area contributed by atoms with Crippen LogP contribution in [0.4, 0.5) is 26.3 Å². The molecule has 12 heteroatoms. The molecule has 1 fully saturated rings. The fraction of sp³-hybridized carbons (Fsp3) is 0.786. The Morgan fingerprint density at radius 1 is 0.800 bits per heavy atom. The zero-order valence-electron chi connectivity index (χ0n) is 24.2. The summed E-state index contributed by atoms with van der Waals surface area (Å²) in [7, 11) is 0. The Bertz CT molecular complexity index is 854. The smallest absolute Gasteiger partial charge is 0.417 e. The van der Waals surface area contributed by atoms with Crippen LogP contribution in [0, 0.1) is 11.8 Å². The van der Waals surface area contributed by atoms with Crippen LogP contribution < -0.4 is 0 Å². The van der Waals surface area contributed by atoms with E-state index in [4.69, 9.17) is 9.47 Å². The van der Waals surface area contributed by atoms with Gasteiger partial charge in [0.1, 0.15) is 12.2 Å². The predicted octanol–water partition coefficient (Wildman–Crippen LogP) is 6.98. The molecule has 1 aliphatic carbocycles. The average molecular weight is 591 g/mol. The number of rotatable bonds is 11. The van der Waals surface area contributed by atoms with Gasteiger partial charge in [0.05, 0.1) is 0 Å².